The minimum Gasteiger partial charge on any atom is -0.390 e. The van der Waals surface area contributed by atoms with Crippen molar-refractivity contribution in [2.45, 2.75) is 76.7 Å². The number of anilines is 1. The third-order valence-electron chi connectivity index (χ3n) is 6.62. The molecule has 0 aliphatic carbocycles. The van der Waals surface area contributed by atoms with Crippen LogP contribution in [0.25, 0.3) is 0 Å². The zero-order chi connectivity index (χ0) is 24.3. The summed E-state index contributed by atoms with van der Waals surface area (Å²) in [5, 5.41) is 20.5. The Morgan fingerprint density at radius 2 is 1.88 bits per heavy atom. The molecule has 1 aromatic carbocycles. The summed E-state index contributed by atoms with van der Waals surface area (Å²) in [5.41, 5.74) is 3.01. The number of benzene rings is 1. The second kappa shape index (κ2) is 9.98. The summed E-state index contributed by atoms with van der Waals surface area (Å²) < 4.78 is 0. The first-order valence-electron chi connectivity index (χ1n) is 12.2. The van der Waals surface area contributed by atoms with Crippen LogP contribution in [0.15, 0.2) is 36.7 Å². The van der Waals surface area contributed by atoms with Crippen LogP contribution in [0.3, 0.4) is 0 Å². The van der Waals surface area contributed by atoms with Crippen molar-refractivity contribution in [3.8, 4) is 0 Å². The van der Waals surface area contributed by atoms with Gasteiger partial charge in [-0.3, -0.25) is 9.69 Å². The molecular formula is C26H38N6O2. The van der Waals surface area contributed by atoms with E-state index in [9.17, 15) is 9.90 Å². The van der Waals surface area contributed by atoms with Gasteiger partial charge in [0.2, 0.25) is 0 Å². The molecule has 1 fully saturated rings. The van der Waals surface area contributed by atoms with E-state index in [1.54, 1.807) is 6.07 Å². The van der Waals surface area contributed by atoms with Crippen molar-refractivity contribution in [3.05, 3.63) is 53.5 Å². The largest absolute Gasteiger partial charge is 0.390 e. The van der Waals surface area contributed by atoms with E-state index < -0.39 is 6.10 Å². The maximum absolute atomic E-state index is 12.7. The number of hydrogen-bond donors (Lipinski definition) is 4. The van der Waals surface area contributed by atoms with Gasteiger partial charge in [-0.25, -0.2) is 9.97 Å². The van der Waals surface area contributed by atoms with E-state index in [1.165, 1.54) is 17.5 Å². The van der Waals surface area contributed by atoms with Gasteiger partial charge in [-0.15, -0.1) is 0 Å². The van der Waals surface area contributed by atoms with Crippen molar-refractivity contribution in [1.29, 1.82) is 0 Å². The molecule has 2 aliphatic rings. The lowest BCUT2D eigenvalue weighted by molar-refractivity contribution is 0.0838. The van der Waals surface area contributed by atoms with Crippen LogP contribution in [-0.2, 0) is 13.0 Å². The molecule has 8 heteroatoms. The Morgan fingerprint density at radius 3 is 2.62 bits per heavy atom. The van der Waals surface area contributed by atoms with Crippen molar-refractivity contribution in [1.82, 2.24) is 25.5 Å². The summed E-state index contributed by atoms with van der Waals surface area (Å²) in [6.07, 6.45) is 3.66. The Bertz CT molecular complexity index is 992. The molecule has 2 aliphatic heterocycles. The fraction of sp³-hybridized carbons (Fsp3) is 0.577. The van der Waals surface area contributed by atoms with Gasteiger partial charge in [0.15, 0.2) is 0 Å². The van der Waals surface area contributed by atoms with Crippen molar-refractivity contribution in [2.75, 3.05) is 25.0 Å². The molecule has 1 amide bonds. The van der Waals surface area contributed by atoms with Crippen molar-refractivity contribution in [3.63, 3.8) is 0 Å². The maximum atomic E-state index is 12.7. The molecule has 0 bridgehead atoms. The molecule has 0 saturated carbocycles. The number of aromatic nitrogens is 2. The van der Waals surface area contributed by atoms with Crippen LogP contribution in [0.4, 0.5) is 5.82 Å². The van der Waals surface area contributed by atoms with E-state index in [-0.39, 0.29) is 29.6 Å². The molecule has 34 heavy (non-hydrogen) atoms. The molecular weight excluding hydrogens is 428 g/mol. The Morgan fingerprint density at radius 1 is 1.18 bits per heavy atom. The van der Waals surface area contributed by atoms with Crippen molar-refractivity contribution in [2.24, 2.45) is 0 Å². The van der Waals surface area contributed by atoms with E-state index in [1.807, 2.05) is 0 Å². The van der Waals surface area contributed by atoms with Crippen LogP contribution < -0.4 is 16.0 Å². The summed E-state index contributed by atoms with van der Waals surface area (Å²) in [7, 11) is 0. The number of fused-ring (bicyclic) bond motifs is 1. The Kier molecular flexibility index (Phi) is 7.21. The van der Waals surface area contributed by atoms with E-state index in [4.69, 9.17) is 0 Å². The molecule has 4 rings (SSSR count). The topological polar surface area (TPSA) is 102 Å². The van der Waals surface area contributed by atoms with Gasteiger partial charge in [-0.2, -0.15) is 0 Å². The summed E-state index contributed by atoms with van der Waals surface area (Å²) in [5.74, 6) is 0.339. The highest BCUT2D eigenvalue weighted by atomic mass is 16.3. The summed E-state index contributed by atoms with van der Waals surface area (Å²) >= 11 is 0. The molecule has 2 aromatic rings. The van der Waals surface area contributed by atoms with Gasteiger partial charge in [-0.05, 0) is 58.1 Å². The third-order valence-corrected chi connectivity index (χ3v) is 6.62. The Labute approximate surface area is 202 Å². The molecule has 184 valence electrons. The van der Waals surface area contributed by atoms with Crippen LogP contribution in [0.2, 0.25) is 0 Å². The number of nitrogens with one attached hydrogen (secondary N) is 3. The quantitative estimate of drug-likeness (QED) is 0.497. The first-order valence-corrected chi connectivity index (χ1v) is 12.2. The molecule has 1 atom stereocenters. The number of β-amino-alcohol motifs (C(OH)–C–C–N with tert-alkyl or cyclic N) is 1. The molecule has 0 spiro atoms. The molecule has 1 unspecified atom stereocenters. The summed E-state index contributed by atoms with van der Waals surface area (Å²) in [6, 6.07) is 10.4. The fourth-order valence-electron chi connectivity index (χ4n) is 5.57. The van der Waals surface area contributed by atoms with E-state index in [0.717, 1.165) is 32.4 Å². The average Bonchev–Trinajstić information content (AvgIpc) is 2.75. The first kappa shape index (κ1) is 24.6. The fourth-order valence-corrected chi connectivity index (χ4v) is 5.57. The molecule has 4 N–H and O–H groups in total. The number of aliphatic hydroxyl groups is 1. The number of carbonyl (C=O) groups is 1. The number of aliphatic hydroxyl groups excluding tert-OH is 1. The predicted molar refractivity (Wildman–Crippen MR) is 134 cm³/mol. The maximum Gasteiger partial charge on any atom is 0.270 e. The number of hydrogen-bond acceptors (Lipinski definition) is 7. The molecule has 3 heterocycles. The van der Waals surface area contributed by atoms with Crippen LogP contribution in [0, 0.1) is 0 Å². The van der Waals surface area contributed by atoms with E-state index in [0.29, 0.717) is 18.1 Å². The second-order valence-corrected chi connectivity index (χ2v) is 11.0. The zero-order valence-electron chi connectivity index (χ0n) is 20.8. The SMILES string of the molecule is CC1(C)CC(Nc2cc(C(=O)NCC(O)CN3CCc4ccccc4C3)ncn2)CC(C)(C)N1. The summed E-state index contributed by atoms with van der Waals surface area (Å²) in [4.78, 5) is 23.4. The van der Waals surface area contributed by atoms with Crippen LogP contribution >= 0.6 is 0 Å². The Balaban J connectivity index is 1.28. The number of carbonyl (C=O) groups excluding carboxylic acids is 1. The normalized spacial score (nSPS) is 20.9. The highest BCUT2D eigenvalue weighted by Gasteiger charge is 2.37. The zero-order valence-corrected chi connectivity index (χ0v) is 20.8. The van der Waals surface area contributed by atoms with Crippen molar-refractivity contribution < 1.29 is 9.90 Å². The van der Waals surface area contributed by atoms with Gasteiger partial charge >= 0.3 is 0 Å². The van der Waals surface area contributed by atoms with Gasteiger partial charge in [0, 0.05) is 49.4 Å². The average molecular weight is 467 g/mol. The molecule has 1 saturated heterocycles. The van der Waals surface area contributed by atoms with Crippen LogP contribution in [0.1, 0.15) is 62.2 Å². The van der Waals surface area contributed by atoms with Gasteiger partial charge in [0.1, 0.15) is 17.8 Å². The molecule has 1 aromatic heterocycles. The van der Waals surface area contributed by atoms with Crippen LogP contribution in [0.5, 0.6) is 0 Å². The standard InChI is InChI=1S/C26H38N6O2/c1-25(2)12-20(13-26(3,4)31-25)30-23-11-22(28-17-29-23)24(34)27-14-21(33)16-32-10-9-18-7-5-6-8-19(18)15-32/h5-8,11,17,20-21,31,33H,9-10,12-16H2,1-4H3,(H,27,34)(H,28,29,30). The molecule has 0 radical (unpaired) electrons. The lowest BCUT2D eigenvalue weighted by Gasteiger charge is -2.46. The predicted octanol–water partition coefficient (Wildman–Crippen LogP) is 2.35. The van der Waals surface area contributed by atoms with Gasteiger partial charge in [0.05, 0.1) is 6.10 Å². The van der Waals surface area contributed by atoms with E-state index >= 15 is 0 Å². The monoisotopic (exact) mass is 466 g/mol. The molecule has 8 nitrogen and oxygen atoms in total. The Hall–Kier alpha value is -2.55. The van der Waals surface area contributed by atoms with E-state index in [2.05, 4.69) is 82.8 Å². The number of piperidine rings is 1. The summed E-state index contributed by atoms with van der Waals surface area (Å²) in [6.45, 7) is 11.3. The number of amides is 1. The second-order valence-electron chi connectivity index (χ2n) is 11.0. The lowest BCUT2D eigenvalue weighted by atomic mass is 9.79. The number of rotatable bonds is 7. The van der Waals surface area contributed by atoms with Gasteiger partial charge in [-0.1, -0.05) is 24.3 Å². The van der Waals surface area contributed by atoms with Crippen LogP contribution in [-0.4, -0.2) is 68.7 Å². The number of nitrogens with zero attached hydrogens (tertiary/aromatic N) is 3. The highest BCUT2D eigenvalue weighted by molar-refractivity contribution is 5.92. The minimum absolute atomic E-state index is 0.0131. The smallest absolute Gasteiger partial charge is 0.270 e. The first-order chi connectivity index (χ1) is 16.1. The lowest BCUT2D eigenvalue weighted by Crippen LogP contribution is -2.60. The van der Waals surface area contributed by atoms with Gasteiger partial charge in [0.25, 0.3) is 5.91 Å². The van der Waals surface area contributed by atoms with Gasteiger partial charge < -0.3 is 21.1 Å². The highest BCUT2D eigenvalue weighted by Crippen LogP contribution is 2.30. The third kappa shape index (κ3) is 6.52. The van der Waals surface area contributed by atoms with Crippen molar-refractivity contribution >= 4 is 11.7 Å². The minimum atomic E-state index is -0.646.